The maximum atomic E-state index is 12.7. The van der Waals surface area contributed by atoms with Gasteiger partial charge in [0.2, 0.25) is 12.6 Å². The van der Waals surface area contributed by atoms with Gasteiger partial charge in [0.25, 0.3) is 0 Å². The van der Waals surface area contributed by atoms with Crippen LogP contribution in [-0.4, -0.2) is 98.1 Å². The van der Waals surface area contributed by atoms with E-state index in [4.69, 9.17) is 42.6 Å². The molecule has 0 spiro atoms. The van der Waals surface area contributed by atoms with Crippen LogP contribution in [0.2, 0.25) is 0 Å². The minimum atomic E-state index is -1.65. The van der Waals surface area contributed by atoms with Gasteiger partial charge in [0.15, 0.2) is 18.3 Å². The fraction of sp³-hybridized carbons (Fsp3) is 0.667. The third kappa shape index (κ3) is 8.97. The van der Waals surface area contributed by atoms with Crippen molar-refractivity contribution in [2.45, 2.75) is 91.1 Å². The average molecular weight is 615 g/mol. The molecule has 0 N–H and O–H groups in total. The lowest BCUT2D eigenvalue weighted by Gasteiger charge is -2.46. The molecule has 2 saturated heterocycles. The fourth-order valence-electron chi connectivity index (χ4n) is 5.17. The molecule has 16 nitrogen and oxygen atoms in total. The van der Waals surface area contributed by atoms with E-state index in [1.807, 2.05) is 0 Å². The predicted molar refractivity (Wildman–Crippen MR) is 135 cm³/mol. The topological polar surface area (TPSA) is 203 Å². The number of esters is 7. The molecule has 0 bridgehead atoms. The lowest BCUT2D eigenvalue weighted by Crippen LogP contribution is -2.64. The first-order chi connectivity index (χ1) is 20.2. The monoisotopic (exact) mass is 614 g/mol. The van der Waals surface area contributed by atoms with Gasteiger partial charge in [0, 0.05) is 47.5 Å². The van der Waals surface area contributed by atoms with Gasteiger partial charge in [-0.15, -0.1) is 0 Å². The van der Waals surface area contributed by atoms with Gasteiger partial charge in [-0.2, -0.15) is 0 Å². The molecule has 238 valence electrons. The van der Waals surface area contributed by atoms with E-state index in [9.17, 15) is 33.6 Å². The Labute approximate surface area is 246 Å². The van der Waals surface area contributed by atoms with Gasteiger partial charge in [-0.1, -0.05) is 0 Å². The van der Waals surface area contributed by atoms with Crippen LogP contribution in [0.15, 0.2) is 11.6 Å². The highest BCUT2D eigenvalue weighted by atomic mass is 16.8. The van der Waals surface area contributed by atoms with Gasteiger partial charge in [-0.05, 0) is 11.6 Å². The number of ether oxygens (including phenoxy) is 9. The summed E-state index contributed by atoms with van der Waals surface area (Å²) in [5, 5.41) is 0. The fourth-order valence-corrected chi connectivity index (χ4v) is 5.17. The van der Waals surface area contributed by atoms with E-state index in [1.54, 1.807) is 0 Å². The summed E-state index contributed by atoms with van der Waals surface area (Å²) in [6.07, 6.45) is -8.50. The van der Waals surface area contributed by atoms with E-state index in [0.717, 1.165) is 27.7 Å². The highest BCUT2D eigenvalue weighted by Gasteiger charge is 2.56. The number of rotatable bonds is 10. The van der Waals surface area contributed by atoms with Gasteiger partial charge in [-0.25, -0.2) is 0 Å². The van der Waals surface area contributed by atoms with E-state index in [1.165, 1.54) is 19.9 Å². The predicted octanol–water partition coefficient (Wildman–Crippen LogP) is 0.0263. The lowest BCUT2D eigenvalue weighted by molar-refractivity contribution is -0.345. The molecule has 0 radical (unpaired) electrons. The highest BCUT2D eigenvalue weighted by molar-refractivity contribution is 5.72. The second kappa shape index (κ2) is 14.4. The second-order valence-corrected chi connectivity index (χ2v) is 10.1. The van der Waals surface area contributed by atoms with Crippen LogP contribution in [0, 0.1) is 11.8 Å². The van der Waals surface area contributed by atoms with Crippen LogP contribution in [-0.2, 0) is 76.2 Å². The van der Waals surface area contributed by atoms with Crippen LogP contribution in [0.5, 0.6) is 0 Å². The molecule has 0 aromatic heterocycles. The maximum absolute atomic E-state index is 12.7. The summed E-state index contributed by atoms with van der Waals surface area (Å²) < 4.78 is 49.3. The third-order valence-corrected chi connectivity index (χ3v) is 6.59. The van der Waals surface area contributed by atoms with Gasteiger partial charge >= 0.3 is 41.8 Å². The smallest absolute Gasteiger partial charge is 0.308 e. The second-order valence-electron chi connectivity index (χ2n) is 10.1. The molecule has 0 unspecified atom stereocenters. The van der Waals surface area contributed by atoms with Crippen LogP contribution in [0.25, 0.3) is 0 Å². The molecule has 0 aromatic rings. The molecular formula is C27H34O16. The maximum Gasteiger partial charge on any atom is 0.308 e. The molecule has 1 aliphatic carbocycles. The van der Waals surface area contributed by atoms with Gasteiger partial charge in [0.1, 0.15) is 25.4 Å². The zero-order valence-electron chi connectivity index (χ0n) is 24.4. The first-order valence-corrected chi connectivity index (χ1v) is 13.3. The van der Waals surface area contributed by atoms with Crippen LogP contribution in [0.3, 0.4) is 0 Å². The number of fused-ring (bicyclic) bond motifs is 1. The number of carbonyl (C=O) groups excluding carboxylic acids is 7. The van der Waals surface area contributed by atoms with Crippen molar-refractivity contribution in [3.63, 3.8) is 0 Å². The number of hydrogen-bond donors (Lipinski definition) is 0. The molecule has 0 saturated carbocycles. The number of carbonyl (C=O) groups is 7. The van der Waals surface area contributed by atoms with E-state index in [2.05, 4.69) is 0 Å². The van der Waals surface area contributed by atoms with Crippen molar-refractivity contribution in [3.05, 3.63) is 11.6 Å². The quantitative estimate of drug-likeness (QED) is 0.181. The molecular weight excluding hydrogens is 580 g/mol. The van der Waals surface area contributed by atoms with Crippen molar-refractivity contribution in [2.24, 2.45) is 11.8 Å². The van der Waals surface area contributed by atoms with Crippen molar-refractivity contribution in [3.8, 4) is 0 Å². The summed E-state index contributed by atoms with van der Waals surface area (Å²) in [6, 6.07) is 0. The Bertz CT molecular complexity index is 1160. The average Bonchev–Trinajstić information content (AvgIpc) is 3.20. The first-order valence-electron chi connectivity index (χ1n) is 13.3. The van der Waals surface area contributed by atoms with Crippen molar-refractivity contribution in [1.82, 2.24) is 0 Å². The zero-order chi connectivity index (χ0) is 32.0. The van der Waals surface area contributed by atoms with Gasteiger partial charge < -0.3 is 42.6 Å². The standard InChI is InChI=1S/C27H34O16/c1-11(28)35-9-17-7-19(37-13(3)30)18-8-21(34)42-26(22(17)18)43-27-25(40-16(6)33)24(39-15(5)32)23(38-14(4)31)20(41-27)10-36-12(2)29/h7,18-20,22-27H,8-10H2,1-6H3/t18-,19+,20+,22+,23+,24-,25+,26-,27-/m0/s1. The van der Waals surface area contributed by atoms with Crippen molar-refractivity contribution in [2.75, 3.05) is 13.2 Å². The van der Waals surface area contributed by atoms with Crippen molar-refractivity contribution in [1.29, 1.82) is 0 Å². The van der Waals surface area contributed by atoms with Crippen LogP contribution < -0.4 is 0 Å². The number of hydrogen-bond acceptors (Lipinski definition) is 16. The summed E-state index contributed by atoms with van der Waals surface area (Å²) in [5.74, 6) is -6.68. The van der Waals surface area contributed by atoms with Gasteiger partial charge in [-0.3, -0.25) is 33.6 Å². The molecule has 3 rings (SSSR count). The van der Waals surface area contributed by atoms with Crippen LogP contribution in [0.1, 0.15) is 48.0 Å². The molecule has 16 heteroatoms. The van der Waals surface area contributed by atoms with E-state index < -0.39 is 103 Å². The molecule has 0 amide bonds. The lowest BCUT2D eigenvalue weighted by atomic mass is 9.85. The van der Waals surface area contributed by atoms with E-state index in [0.29, 0.717) is 5.57 Å². The SMILES string of the molecule is CC(=O)OCC1=C[C@@H](OC(C)=O)[C@@H]2CC(=O)O[C@@H](O[C@@H]3O[C@H](COC(C)=O)[C@@H](OC(C)=O)[C@H](OC(C)=O)[C@H]3OC(C)=O)[C@H]12. The Morgan fingerprint density at radius 3 is 1.84 bits per heavy atom. The molecule has 0 aromatic carbocycles. The van der Waals surface area contributed by atoms with Crippen LogP contribution in [0.4, 0.5) is 0 Å². The first kappa shape index (κ1) is 33.5. The number of cyclic esters (lactones) is 1. The molecule has 9 atom stereocenters. The minimum Gasteiger partial charge on any atom is -0.463 e. The summed E-state index contributed by atoms with van der Waals surface area (Å²) in [5.41, 5.74) is 0.412. The Balaban J connectivity index is 2.02. The minimum absolute atomic E-state index is 0.179. The molecule has 43 heavy (non-hydrogen) atoms. The Morgan fingerprint density at radius 2 is 1.28 bits per heavy atom. The Hall–Kier alpha value is -4.05. The third-order valence-electron chi connectivity index (χ3n) is 6.59. The van der Waals surface area contributed by atoms with Crippen LogP contribution >= 0.6 is 0 Å². The van der Waals surface area contributed by atoms with Crippen molar-refractivity contribution < 1.29 is 76.2 Å². The summed E-state index contributed by atoms with van der Waals surface area (Å²) in [4.78, 5) is 83.8. The van der Waals surface area contributed by atoms with E-state index in [-0.39, 0.29) is 13.0 Å². The molecule has 2 fully saturated rings. The summed E-state index contributed by atoms with van der Waals surface area (Å²) >= 11 is 0. The summed E-state index contributed by atoms with van der Waals surface area (Å²) in [7, 11) is 0. The highest BCUT2D eigenvalue weighted by Crippen LogP contribution is 2.44. The zero-order valence-corrected chi connectivity index (χ0v) is 24.4. The molecule has 2 aliphatic heterocycles. The van der Waals surface area contributed by atoms with E-state index >= 15 is 0 Å². The summed E-state index contributed by atoms with van der Waals surface area (Å²) in [6.45, 7) is 5.98. The molecule has 2 heterocycles. The Morgan fingerprint density at radius 1 is 0.721 bits per heavy atom. The van der Waals surface area contributed by atoms with Crippen molar-refractivity contribution >= 4 is 41.8 Å². The normalized spacial score (nSPS) is 31.3. The Kier molecular flexibility index (Phi) is 11.2. The molecule has 3 aliphatic rings. The largest absolute Gasteiger partial charge is 0.463 e. The van der Waals surface area contributed by atoms with Gasteiger partial charge in [0.05, 0.1) is 12.3 Å².